The van der Waals surface area contributed by atoms with Gasteiger partial charge in [0.2, 0.25) is 15.9 Å². The van der Waals surface area contributed by atoms with Crippen LogP contribution in [-0.4, -0.2) is 36.3 Å². The quantitative estimate of drug-likeness (QED) is 0.640. The normalized spacial score (nSPS) is 15.8. The van der Waals surface area contributed by atoms with Gasteiger partial charge >= 0.3 is 0 Å². The van der Waals surface area contributed by atoms with Crippen molar-refractivity contribution in [3.05, 3.63) is 76.7 Å². The number of nitrogens with one attached hydrogen (secondary N) is 1. The van der Waals surface area contributed by atoms with Crippen molar-refractivity contribution < 1.29 is 13.2 Å². The van der Waals surface area contributed by atoms with Crippen LogP contribution in [0.15, 0.2) is 70.5 Å². The molecule has 4 rings (SSSR count). The zero-order valence-electron chi connectivity index (χ0n) is 17.3. The van der Waals surface area contributed by atoms with E-state index in [4.69, 9.17) is 0 Å². The molecule has 1 N–H and O–H groups in total. The molecule has 1 atom stereocenters. The number of rotatable bonds is 6. The predicted molar refractivity (Wildman–Crippen MR) is 119 cm³/mol. The average molecular weight is 440 g/mol. The van der Waals surface area contributed by atoms with E-state index in [1.807, 2.05) is 49.4 Å². The predicted octanol–water partition coefficient (Wildman–Crippen LogP) is 2.66. The largest absolute Gasteiger partial charge is 0.348 e. The Morgan fingerprint density at radius 1 is 1.03 bits per heavy atom. The van der Waals surface area contributed by atoms with E-state index < -0.39 is 15.6 Å². The van der Waals surface area contributed by atoms with Gasteiger partial charge in [-0.2, -0.15) is 4.31 Å². The van der Waals surface area contributed by atoms with Gasteiger partial charge in [0.25, 0.3) is 5.56 Å². The number of carbonyl (C=O) groups is 1. The summed E-state index contributed by atoms with van der Waals surface area (Å²) in [5.74, 6) is -0.363. The smallest absolute Gasteiger partial charge is 0.251 e. The fourth-order valence-electron chi connectivity index (χ4n) is 3.87. The fraction of sp³-hybridized carbons (Fsp3) is 0.304. The lowest BCUT2D eigenvalue weighted by atomic mass is 10.0. The minimum Gasteiger partial charge on any atom is -0.348 e. The molecule has 0 spiro atoms. The molecule has 1 aliphatic heterocycles. The number of sulfonamides is 1. The summed E-state index contributed by atoms with van der Waals surface area (Å²) in [6.45, 7) is 2.58. The van der Waals surface area contributed by atoms with E-state index >= 15 is 0 Å². The lowest BCUT2D eigenvalue weighted by molar-refractivity contribution is -0.122. The number of carbonyl (C=O) groups excluding carboxylic acids is 1. The summed E-state index contributed by atoms with van der Waals surface area (Å²) in [5.41, 5.74) is 0.527. The van der Waals surface area contributed by atoms with Crippen LogP contribution in [0.25, 0.3) is 10.8 Å². The number of fused-ring (bicyclic) bond motifs is 1. The van der Waals surface area contributed by atoms with Gasteiger partial charge in [0, 0.05) is 25.4 Å². The lowest BCUT2D eigenvalue weighted by Crippen LogP contribution is -2.34. The first-order valence-corrected chi connectivity index (χ1v) is 11.8. The van der Waals surface area contributed by atoms with E-state index in [0.29, 0.717) is 13.1 Å². The first kappa shape index (κ1) is 21.3. The summed E-state index contributed by atoms with van der Waals surface area (Å²) >= 11 is 0. The topological polar surface area (TPSA) is 88.5 Å². The van der Waals surface area contributed by atoms with Gasteiger partial charge in [-0.05, 0) is 48.2 Å². The minimum absolute atomic E-state index is 0.0318. The van der Waals surface area contributed by atoms with Crippen LogP contribution in [0.3, 0.4) is 0 Å². The van der Waals surface area contributed by atoms with Crippen molar-refractivity contribution in [2.75, 3.05) is 13.1 Å². The zero-order valence-corrected chi connectivity index (χ0v) is 18.1. The van der Waals surface area contributed by atoms with Gasteiger partial charge in [-0.1, -0.05) is 36.4 Å². The number of nitrogens with zero attached hydrogens (tertiary/aromatic N) is 2. The fourth-order valence-corrected chi connectivity index (χ4v) is 5.40. The molecule has 0 aliphatic carbocycles. The van der Waals surface area contributed by atoms with Gasteiger partial charge in [-0.3, -0.25) is 9.59 Å². The van der Waals surface area contributed by atoms with Gasteiger partial charge < -0.3 is 9.88 Å². The Kier molecular flexibility index (Phi) is 5.93. The lowest BCUT2D eigenvalue weighted by Gasteiger charge is -2.17. The van der Waals surface area contributed by atoms with Crippen molar-refractivity contribution in [1.29, 1.82) is 0 Å². The van der Waals surface area contributed by atoms with Crippen LogP contribution in [0.5, 0.6) is 0 Å². The molecule has 3 aromatic rings. The molecule has 0 radical (unpaired) electrons. The molecule has 1 saturated heterocycles. The third-order valence-electron chi connectivity index (χ3n) is 5.62. The molecule has 1 aromatic heterocycles. The van der Waals surface area contributed by atoms with E-state index in [1.165, 1.54) is 22.6 Å². The van der Waals surface area contributed by atoms with Gasteiger partial charge in [-0.25, -0.2) is 8.42 Å². The van der Waals surface area contributed by atoms with E-state index in [-0.39, 0.29) is 23.4 Å². The van der Waals surface area contributed by atoms with Crippen LogP contribution in [0, 0.1) is 0 Å². The number of pyridine rings is 1. The van der Waals surface area contributed by atoms with Gasteiger partial charge in [0.15, 0.2) is 0 Å². The maximum atomic E-state index is 12.8. The molecule has 1 unspecified atom stereocenters. The second kappa shape index (κ2) is 8.64. The van der Waals surface area contributed by atoms with Crippen molar-refractivity contribution in [2.45, 2.75) is 37.2 Å². The molecule has 8 heteroatoms. The van der Waals surface area contributed by atoms with Gasteiger partial charge in [0.05, 0.1) is 10.9 Å². The molecule has 1 fully saturated rings. The number of hydrogen-bond donors (Lipinski definition) is 1. The van der Waals surface area contributed by atoms with Crippen LogP contribution in [0.2, 0.25) is 0 Å². The Morgan fingerprint density at radius 3 is 2.48 bits per heavy atom. The zero-order chi connectivity index (χ0) is 22.0. The first-order valence-electron chi connectivity index (χ1n) is 10.3. The maximum absolute atomic E-state index is 12.8. The van der Waals surface area contributed by atoms with Crippen molar-refractivity contribution in [2.24, 2.45) is 0 Å². The van der Waals surface area contributed by atoms with Gasteiger partial charge in [-0.15, -0.1) is 0 Å². The monoisotopic (exact) mass is 439 g/mol. The number of aromatic nitrogens is 1. The second-order valence-corrected chi connectivity index (χ2v) is 9.78. The number of hydrogen-bond acceptors (Lipinski definition) is 4. The van der Waals surface area contributed by atoms with E-state index in [9.17, 15) is 18.0 Å². The number of amides is 1. The molecule has 2 heterocycles. The standard InChI is InChI=1S/C23H25N3O4S/c1-17(19-9-8-18-6-2-3-7-20(18)14-19)24-22(27)16-25-15-21(10-11-23(25)28)31(29,30)26-12-4-5-13-26/h2-3,6-11,14-15,17H,4-5,12-13,16H2,1H3,(H,24,27). The highest BCUT2D eigenvalue weighted by molar-refractivity contribution is 7.89. The Balaban J connectivity index is 1.49. The Bertz CT molecular complexity index is 1280. The summed E-state index contributed by atoms with van der Waals surface area (Å²) in [6.07, 6.45) is 2.91. The summed E-state index contributed by atoms with van der Waals surface area (Å²) < 4.78 is 28.1. The molecule has 2 aromatic carbocycles. The second-order valence-electron chi connectivity index (χ2n) is 7.84. The molecular weight excluding hydrogens is 414 g/mol. The molecule has 1 amide bonds. The Morgan fingerprint density at radius 2 is 1.74 bits per heavy atom. The van der Waals surface area contributed by atoms with Crippen LogP contribution in [-0.2, 0) is 21.4 Å². The van der Waals surface area contributed by atoms with E-state index in [1.54, 1.807) is 0 Å². The highest BCUT2D eigenvalue weighted by Crippen LogP contribution is 2.21. The third kappa shape index (κ3) is 4.55. The van der Waals surface area contributed by atoms with Crippen LogP contribution in [0.4, 0.5) is 0 Å². The van der Waals surface area contributed by atoms with Crippen molar-refractivity contribution in [3.63, 3.8) is 0 Å². The summed E-state index contributed by atoms with van der Waals surface area (Å²) in [7, 11) is -3.66. The molecule has 7 nitrogen and oxygen atoms in total. The van der Waals surface area contributed by atoms with Crippen LogP contribution < -0.4 is 10.9 Å². The van der Waals surface area contributed by atoms with E-state index in [2.05, 4.69) is 5.32 Å². The minimum atomic E-state index is -3.66. The molecule has 1 aliphatic rings. The first-order chi connectivity index (χ1) is 14.8. The van der Waals surface area contributed by atoms with Crippen molar-refractivity contribution >= 4 is 26.7 Å². The Labute approximate surface area is 181 Å². The molecule has 0 bridgehead atoms. The third-order valence-corrected chi connectivity index (χ3v) is 7.51. The molecule has 162 valence electrons. The maximum Gasteiger partial charge on any atom is 0.251 e. The molecule has 31 heavy (non-hydrogen) atoms. The molecular formula is C23H25N3O4S. The average Bonchev–Trinajstić information content (AvgIpc) is 3.30. The van der Waals surface area contributed by atoms with Crippen molar-refractivity contribution in [3.8, 4) is 0 Å². The Hall–Kier alpha value is -2.97. The van der Waals surface area contributed by atoms with Crippen LogP contribution >= 0.6 is 0 Å². The summed E-state index contributed by atoms with van der Waals surface area (Å²) in [6, 6.07) is 16.2. The SMILES string of the molecule is CC(NC(=O)Cn1cc(S(=O)(=O)N2CCCC2)ccc1=O)c1ccc2ccccc2c1. The van der Waals surface area contributed by atoms with Gasteiger partial charge in [0.1, 0.15) is 6.54 Å². The van der Waals surface area contributed by atoms with E-state index in [0.717, 1.165) is 33.7 Å². The molecule has 0 saturated carbocycles. The summed E-state index contributed by atoms with van der Waals surface area (Å²) in [4.78, 5) is 24.9. The highest BCUT2D eigenvalue weighted by Gasteiger charge is 2.27. The highest BCUT2D eigenvalue weighted by atomic mass is 32.2. The van der Waals surface area contributed by atoms with Crippen LogP contribution in [0.1, 0.15) is 31.4 Å². The summed E-state index contributed by atoms with van der Waals surface area (Å²) in [5, 5.41) is 5.09. The van der Waals surface area contributed by atoms with Crippen molar-refractivity contribution in [1.82, 2.24) is 14.2 Å². The number of benzene rings is 2.